The third kappa shape index (κ3) is 5.22. The molecule has 8 nitrogen and oxygen atoms in total. The molecule has 2 amide bonds. The number of benzene rings is 3. The number of hydrazone groups is 1. The van der Waals surface area contributed by atoms with Gasteiger partial charge in [-0.15, -0.1) is 0 Å². The molecule has 0 atom stereocenters. The Morgan fingerprint density at radius 3 is 2.47 bits per heavy atom. The van der Waals surface area contributed by atoms with Crippen molar-refractivity contribution in [1.29, 1.82) is 0 Å². The van der Waals surface area contributed by atoms with Crippen LogP contribution in [0.15, 0.2) is 65.8 Å². The first kappa shape index (κ1) is 21.3. The van der Waals surface area contributed by atoms with E-state index in [-0.39, 0.29) is 23.8 Å². The van der Waals surface area contributed by atoms with Crippen molar-refractivity contribution in [2.45, 2.75) is 0 Å². The van der Waals surface area contributed by atoms with Gasteiger partial charge in [0.25, 0.3) is 11.8 Å². The van der Waals surface area contributed by atoms with Gasteiger partial charge in [-0.25, -0.2) is 5.43 Å². The van der Waals surface area contributed by atoms with Crippen molar-refractivity contribution < 1.29 is 24.2 Å². The number of rotatable bonds is 6. The number of nitrogens with zero attached hydrogens (tertiary/aromatic N) is 2. The molecular formula is C24H23N3O5. The van der Waals surface area contributed by atoms with Gasteiger partial charge in [-0.2, -0.15) is 5.10 Å². The first-order valence-electron chi connectivity index (χ1n) is 10.2. The highest BCUT2D eigenvalue weighted by atomic mass is 16.5. The first-order valence-corrected chi connectivity index (χ1v) is 10.2. The number of hydrogen-bond donors (Lipinski definition) is 2. The van der Waals surface area contributed by atoms with Crippen molar-refractivity contribution in [2.75, 3.05) is 32.9 Å². The first-order chi connectivity index (χ1) is 15.6. The second-order valence-electron chi connectivity index (χ2n) is 7.27. The Morgan fingerprint density at radius 1 is 1.06 bits per heavy atom. The number of fused-ring (bicyclic) bond motifs is 1. The lowest BCUT2D eigenvalue weighted by molar-refractivity contribution is -0.137. The highest BCUT2D eigenvalue weighted by Crippen LogP contribution is 2.24. The average molecular weight is 433 g/mol. The molecule has 1 aliphatic rings. The fourth-order valence-corrected chi connectivity index (χ4v) is 3.34. The number of phenols is 1. The number of carbonyl (C=O) groups is 2. The van der Waals surface area contributed by atoms with Crippen LogP contribution in [0, 0.1) is 0 Å². The number of nitrogens with one attached hydrogen (secondary N) is 1. The van der Waals surface area contributed by atoms with Gasteiger partial charge in [-0.1, -0.05) is 24.3 Å². The van der Waals surface area contributed by atoms with Crippen LogP contribution in [0.3, 0.4) is 0 Å². The fourth-order valence-electron chi connectivity index (χ4n) is 3.34. The molecule has 1 aliphatic heterocycles. The molecule has 0 unspecified atom stereocenters. The molecule has 0 bridgehead atoms. The average Bonchev–Trinajstić information content (AvgIpc) is 2.83. The summed E-state index contributed by atoms with van der Waals surface area (Å²) in [5.74, 6) is -0.122. The molecule has 1 fully saturated rings. The maximum absolute atomic E-state index is 12.4. The van der Waals surface area contributed by atoms with E-state index in [2.05, 4.69) is 10.5 Å². The van der Waals surface area contributed by atoms with Gasteiger partial charge in [0.1, 0.15) is 11.5 Å². The van der Waals surface area contributed by atoms with Crippen molar-refractivity contribution >= 4 is 28.8 Å². The Balaban J connectivity index is 1.30. The summed E-state index contributed by atoms with van der Waals surface area (Å²) in [5.41, 5.74) is 3.31. The number of aromatic hydroxyl groups is 1. The molecule has 164 valence electrons. The summed E-state index contributed by atoms with van der Waals surface area (Å²) in [6.45, 7) is 2.24. The van der Waals surface area contributed by atoms with E-state index in [1.54, 1.807) is 41.3 Å². The molecule has 0 spiro atoms. The maximum atomic E-state index is 12.4. The maximum Gasteiger partial charge on any atom is 0.275 e. The molecule has 0 saturated carbocycles. The van der Waals surface area contributed by atoms with Gasteiger partial charge in [0, 0.05) is 13.1 Å². The Morgan fingerprint density at radius 2 is 1.75 bits per heavy atom. The second kappa shape index (κ2) is 9.93. The van der Waals surface area contributed by atoms with E-state index in [1.807, 2.05) is 24.3 Å². The van der Waals surface area contributed by atoms with Gasteiger partial charge in [-0.05, 0) is 52.7 Å². The summed E-state index contributed by atoms with van der Waals surface area (Å²) in [6.07, 6.45) is 1.48. The number of carbonyl (C=O) groups excluding carboxylic acids is 2. The zero-order valence-corrected chi connectivity index (χ0v) is 17.4. The summed E-state index contributed by atoms with van der Waals surface area (Å²) in [6, 6.07) is 17.6. The number of morpholine rings is 1. The Labute approximate surface area is 185 Å². The van der Waals surface area contributed by atoms with Crippen molar-refractivity contribution in [3.8, 4) is 11.5 Å². The van der Waals surface area contributed by atoms with Crippen LogP contribution in [0.1, 0.15) is 15.9 Å². The lowest BCUT2D eigenvalue weighted by atomic mass is 10.1. The third-order valence-corrected chi connectivity index (χ3v) is 5.09. The van der Waals surface area contributed by atoms with Gasteiger partial charge < -0.3 is 19.5 Å². The minimum absolute atomic E-state index is 0.0290. The van der Waals surface area contributed by atoms with Gasteiger partial charge in [-0.3, -0.25) is 9.59 Å². The minimum Gasteiger partial charge on any atom is -0.507 e. The van der Waals surface area contributed by atoms with E-state index >= 15 is 0 Å². The summed E-state index contributed by atoms with van der Waals surface area (Å²) in [5, 5.41) is 15.8. The number of amides is 2. The largest absolute Gasteiger partial charge is 0.507 e. The van der Waals surface area contributed by atoms with Gasteiger partial charge in [0.05, 0.1) is 25.0 Å². The molecule has 0 aromatic heterocycles. The summed E-state index contributed by atoms with van der Waals surface area (Å²) < 4.78 is 10.8. The van der Waals surface area contributed by atoms with Crippen molar-refractivity contribution in [1.82, 2.24) is 10.3 Å². The quantitative estimate of drug-likeness (QED) is 0.460. The summed E-state index contributed by atoms with van der Waals surface area (Å²) in [4.78, 5) is 26.2. The monoisotopic (exact) mass is 433 g/mol. The van der Waals surface area contributed by atoms with Crippen LogP contribution in [0.25, 0.3) is 10.8 Å². The van der Waals surface area contributed by atoms with Crippen LogP contribution in [0.5, 0.6) is 11.5 Å². The molecule has 1 heterocycles. The molecule has 2 N–H and O–H groups in total. The van der Waals surface area contributed by atoms with Crippen LogP contribution < -0.4 is 10.2 Å². The van der Waals surface area contributed by atoms with E-state index in [9.17, 15) is 14.7 Å². The molecular weight excluding hydrogens is 410 g/mol. The molecule has 32 heavy (non-hydrogen) atoms. The lowest BCUT2D eigenvalue weighted by Gasteiger charge is -2.26. The predicted molar refractivity (Wildman–Crippen MR) is 120 cm³/mol. The van der Waals surface area contributed by atoms with E-state index in [0.717, 1.165) is 16.3 Å². The fraction of sp³-hybridized carbons (Fsp3) is 0.208. The standard InChI is InChI=1S/C24H23N3O5/c28-22-14-19-4-2-1-3-18(19)13-21(22)24(30)26-25-15-17-5-7-20(8-6-17)32-16-23(29)27-9-11-31-12-10-27/h1-8,13-15,28H,9-12,16H2,(H,26,30)/b25-15-. The number of phenolic OH excluding ortho intramolecular Hbond substituents is 1. The third-order valence-electron chi connectivity index (χ3n) is 5.09. The highest BCUT2D eigenvalue weighted by molar-refractivity contribution is 6.01. The molecule has 4 rings (SSSR count). The molecule has 0 radical (unpaired) electrons. The van der Waals surface area contributed by atoms with E-state index < -0.39 is 5.91 Å². The molecule has 8 heteroatoms. The van der Waals surface area contributed by atoms with Gasteiger partial charge >= 0.3 is 0 Å². The minimum atomic E-state index is -0.508. The Kier molecular flexibility index (Phi) is 6.62. The summed E-state index contributed by atoms with van der Waals surface area (Å²) in [7, 11) is 0. The van der Waals surface area contributed by atoms with Crippen LogP contribution in [0.2, 0.25) is 0 Å². The zero-order chi connectivity index (χ0) is 22.3. The van der Waals surface area contributed by atoms with Crippen molar-refractivity contribution in [2.24, 2.45) is 5.10 Å². The molecule has 0 aliphatic carbocycles. The Hall–Kier alpha value is -3.91. The number of hydrogen-bond acceptors (Lipinski definition) is 6. The van der Waals surface area contributed by atoms with E-state index in [0.29, 0.717) is 32.1 Å². The number of ether oxygens (including phenoxy) is 2. The van der Waals surface area contributed by atoms with E-state index in [4.69, 9.17) is 9.47 Å². The van der Waals surface area contributed by atoms with Crippen molar-refractivity contribution in [3.63, 3.8) is 0 Å². The molecule has 3 aromatic carbocycles. The van der Waals surface area contributed by atoms with Crippen molar-refractivity contribution in [3.05, 3.63) is 71.8 Å². The lowest BCUT2D eigenvalue weighted by Crippen LogP contribution is -2.42. The zero-order valence-electron chi connectivity index (χ0n) is 17.4. The van der Waals surface area contributed by atoms with E-state index in [1.165, 1.54) is 6.21 Å². The van der Waals surface area contributed by atoms with Crippen LogP contribution in [0.4, 0.5) is 0 Å². The normalized spacial score (nSPS) is 13.9. The second-order valence-corrected chi connectivity index (χ2v) is 7.27. The van der Waals surface area contributed by atoms with Gasteiger partial charge in [0.2, 0.25) is 0 Å². The van der Waals surface area contributed by atoms with Gasteiger partial charge in [0.15, 0.2) is 6.61 Å². The molecule has 1 saturated heterocycles. The van der Waals surface area contributed by atoms with Crippen LogP contribution >= 0.6 is 0 Å². The van der Waals surface area contributed by atoms with Crippen LogP contribution in [-0.4, -0.2) is 60.9 Å². The topological polar surface area (TPSA) is 100 Å². The highest BCUT2D eigenvalue weighted by Gasteiger charge is 2.17. The molecule has 3 aromatic rings. The summed E-state index contributed by atoms with van der Waals surface area (Å²) >= 11 is 0. The Bertz CT molecular complexity index is 1140. The smallest absolute Gasteiger partial charge is 0.275 e. The SMILES string of the molecule is O=C(N/N=C\c1ccc(OCC(=O)N2CCOCC2)cc1)c1cc2ccccc2cc1O. The van der Waals surface area contributed by atoms with Crippen LogP contribution in [-0.2, 0) is 9.53 Å². The predicted octanol–water partition coefficient (Wildman–Crippen LogP) is 2.55.